The minimum Gasteiger partial charge on any atom is -0.394 e. The first-order valence-electron chi connectivity index (χ1n) is 3.94. The summed E-state index contributed by atoms with van der Waals surface area (Å²) in [6.07, 6.45) is -7.18. The van der Waals surface area contributed by atoms with Crippen LogP contribution in [0.3, 0.4) is 0 Å². The van der Waals surface area contributed by atoms with E-state index in [9.17, 15) is 22.0 Å². The van der Waals surface area contributed by atoms with Gasteiger partial charge in [0.15, 0.2) is 0 Å². The lowest BCUT2D eigenvalue weighted by Gasteiger charge is -2.19. The number of aliphatic hydroxyl groups is 1. The van der Waals surface area contributed by atoms with Crippen molar-refractivity contribution < 1.29 is 31.8 Å². The molecule has 0 aromatic heterocycles. The monoisotopic (exact) mass is 222 g/mol. The number of ether oxygens (including phenoxy) is 1. The molecule has 0 bridgehead atoms. The van der Waals surface area contributed by atoms with Crippen LogP contribution in [0.1, 0.15) is 12.8 Å². The molecule has 0 aliphatic rings. The number of aliphatic hydroxyl groups excluding tert-OH is 1. The number of alkyl halides is 5. The molecule has 0 aliphatic carbocycles. The topological polar surface area (TPSA) is 29.5 Å². The summed E-state index contributed by atoms with van der Waals surface area (Å²) in [4.78, 5) is 0. The lowest BCUT2D eigenvalue weighted by Crippen LogP contribution is -2.36. The van der Waals surface area contributed by atoms with Crippen LogP contribution in [0.25, 0.3) is 0 Å². The molecule has 0 amide bonds. The summed E-state index contributed by atoms with van der Waals surface area (Å²) in [6, 6.07) is 0. The van der Waals surface area contributed by atoms with E-state index in [1.165, 1.54) is 0 Å². The van der Waals surface area contributed by atoms with Crippen LogP contribution in [-0.2, 0) is 4.74 Å². The Morgan fingerprint density at radius 1 is 1.00 bits per heavy atom. The van der Waals surface area contributed by atoms with Crippen molar-refractivity contribution in [2.75, 3.05) is 19.8 Å². The Morgan fingerprint density at radius 2 is 1.57 bits per heavy atom. The highest BCUT2D eigenvalue weighted by Gasteiger charge is 2.56. The van der Waals surface area contributed by atoms with Crippen LogP contribution in [0, 0.1) is 0 Å². The molecule has 0 rings (SSSR count). The zero-order chi connectivity index (χ0) is 11.2. The summed E-state index contributed by atoms with van der Waals surface area (Å²) in [6.45, 7) is -0.556. The predicted molar refractivity (Wildman–Crippen MR) is 38.1 cm³/mol. The van der Waals surface area contributed by atoms with Gasteiger partial charge in [-0.1, -0.05) is 0 Å². The Morgan fingerprint density at radius 3 is 2.00 bits per heavy atom. The molecule has 86 valence electrons. The molecular weight excluding hydrogens is 211 g/mol. The third-order valence-corrected chi connectivity index (χ3v) is 1.43. The van der Waals surface area contributed by atoms with Gasteiger partial charge in [0, 0.05) is 13.0 Å². The third kappa shape index (κ3) is 4.71. The quantitative estimate of drug-likeness (QED) is 0.550. The van der Waals surface area contributed by atoms with Gasteiger partial charge >= 0.3 is 12.1 Å². The van der Waals surface area contributed by atoms with Crippen molar-refractivity contribution in [2.45, 2.75) is 24.9 Å². The minimum absolute atomic E-state index is 0.0579. The number of hydrogen-bond acceptors (Lipinski definition) is 2. The molecular formula is C7H11F5O2. The van der Waals surface area contributed by atoms with E-state index in [1.807, 2.05) is 0 Å². The fourth-order valence-corrected chi connectivity index (χ4v) is 0.705. The fraction of sp³-hybridized carbons (Fsp3) is 1.00. The first kappa shape index (κ1) is 13.6. The van der Waals surface area contributed by atoms with Gasteiger partial charge in [0.25, 0.3) is 0 Å². The highest BCUT2D eigenvalue weighted by molar-refractivity contribution is 4.75. The first-order chi connectivity index (χ1) is 6.31. The van der Waals surface area contributed by atoms with Crippen molar-refractivity contribution in [1.82, 2.24) is 0 Å². The molecule has 0 saturated heterocycles. The zero-order valence-corrected chi connectivity index (χ0v) is 7.28. The number of halogens is 5. The van der Waals surface area contributed by atoms with Gasteiger partial charge in [-0.25, -0.2) is 0 Å². The average Bonchev–Trinajstić information content (AvgIpc) is 2.02. The Kier molecular flexibility index (Phi) is 5.28. The van der Waals surface area contributed by atoms with Crippen LogP contribution in [0.5, 0.6) is 0 Å². The molecule has 0 heterocycles. The van der Waals surface area contributed by atoms with Crippen molar-refractivity contribution in [3.8, 4) is 0 Å². The van der Waals surface area contributed by atoms with Crippen LogP contribution in [0.15, 0.2) is 0 Å². The van der Waals surface area contributed by atoms with Crippen molar-refractivity contribution in [2.24, 2.45) is 0 Å². The van der Waals surface area contributed by atoms with Gasteiger partial charge < -0.3 is 9.84 Å². The first-order valence-corrected chi connectivity index (χ1v) is 3.94. The summed E-state index contributed by atoms with van der Waals surface area (Å²) in [7, 11) is 0. The van der Waals surface area contributed by atoms with Crippen molar-refractivity contribution in [1.29, 1.82) is 0 Å². The number of hydrogen-bond donors (Lipinski definition) is 1. The summed E-state index contributed by atoms with van der Waals surface area (Å²) in [5.41, 5.74) is 0. The lowest BCUT2D eigenvalue weighted by molar-refractivity contribution is -0.285. The van der Waals surface area contributed by atoms with Gasteiger partial charge in [-0.2, -0.15) is 22.0 Å². The predicted octanol–water partition coefficient (Wildman–Crippen LogP) is 1.97. The summed E-state index contributed by atoms with van der Waals surface area (Å²) in [5, 5.41) is 8.20. The van der Waals surface area contributed by atoms with E-state index >= 15 is 0 Å². The fourth-order valence-electron chi connectivity index (χ4n) is 0.705. The van der Waals surface area contributed by atoms with Crippen molar-refractivity contribution in [3.05, 3.63) is 0 Å². The second kappa shape index (κ2) is 5.45. The normalized spacial score (nSPS) is 13.3. The van der Waals surface area contributed by atoms with E-state index in [2.05, 4.69) is 4.74 Å². The lowest BCUT2D eigenvalue weighted by atomic mass is 10.2. The Balaban J connectivity index is 3.67. The summed E-state index contributed by atoms with van der Waals surface area (Å²) >= 11 is 0. The molecule has 0 aromatic rings. The minimum atomic E-state index is -5.50. The molecule has 0 spiro atoms. The molecule has 0 aromatic carbocycles. The number of rotatable bonds is 6. The van der Waals surface area contributed by atoms with E-state index in [0.29, 0.717) is 0 Å². The summed E-state index contributed by atoms with van der Waals surface area (Å²) < 4.78 is 63.7. The Hall–Kier alpha value is -0.430. The van der Waals surface area contributed by atoms with Gasteiger partial charge in [0.1, 0.15) is 0 Å². The molecule has 1 N–H and O–H groups in total. The molecule has 0 radical (unpaired) electrons. The highest BCUT2D eigenvalue weighted by atomic mass is 19.4. The van der Waals surface area contributed by atoms with Crippen LogP contribution in [0.2, 0.25) is 0 Å². The third-order valence-electron chi connectivity index (χ3n) is 1.43. The van der Waals surface area contributed by atoms with Crippen LogP contribution in [-0.4, -0.2) is 37.0 Å². The maximum atomic E-state index is 12.2. The highest BCUT2D eigenvalue weighted by Crippen LogP contribution is 2.38. The Labute approximate surface area is 77.7 Å². The smallest absolute Gasteiger partial charge is 0.394 e. The maximum Gasteiger partial charge on any atom is 0.453 e. The molecule has 0 aliphatic heterocycles. The largest absolute Gasteiger partial charge is 0.453 e. The van der Waals surface area contributed by atoms with E-state index in [-0.39, 0.29) is 19.8 Å². The van der Waals surface area contributed by atoms with Gasteiger partial charge in [-0.05, 0) is 6.42 Å². The second-order valence-electron chi connectivity index (χ2n) is 2.64. The van der Waals surface area contributed by atoms with Gasteiger partial charge in [-0.3, -0.25) is 0 Å². The molecule has 7 heteroatoms. The van der Waals surface area contributed by atoms with Gasteiger partial charge in [0.05, 0.1) is 13.2 Å². The SMILES string of the molecule is OCCOCCCC(F)(F)C(F)(F)F. The van der Waals surface area contributed by atoms with E-state index in [4.69, 9.17) is 5.11 Å². The molecule has 0 unspecified atom stereocenters. The zero-order valence-electron chi connectivity index (χ0n) is 7.28. The Bertz CT molecular complexity index is 157. The van der Waals surface area contributed by atoms with E-state index in [1.54, 1.807) is 0 Å². The molecule has 14 heavy (non-hydrogen) atoms. The average molecular weight is 222 g/mol. The summed E-state index contributed by atoms with van der Waals surface area (Å²) in [5.74, 6) is -4.66. The molecule has 0 fully saturated rings. The van der Waals surface area contributed by atoms with Crippen LogP contribution in [0.4, 0.5) is 22.0 Å². The molecule has 2 nitrogen and oxygen atoms in total. The molecule has 0 saturated carbocycles. The van der Waals surface area contributed by atoms with Gasteiger partial charge in [0.2, 0.25) is 0 Å². The standard InChI is InChI=1S/C7H11F5O2/c8-6(9,7(10,11)12)2-1-4-14-5-3-13/h13H,1-5H2. The molecule has 0 atom stereocenters. The van der Waals surface area contributed by atoms with E-state index in [0.717, 1.165) is 0 Å². The van der Waals surface area contributed by atoms with Gasteiger partial charge in [-0.15, -0.1) is 0 Å². The van der Waals surface area contributed by atoms with E-state index < -0.39 is 24.9 Å². The van der Waals surface area contributed by atoms with Crippen molar-refractivity contribution in [3.63, 3.8) is 0 Å². The second-order valence-corrected chi connectivity index (χ2v) is 2.64. The van der Waals surface area contributed by atoms with Crippen LogP contribution >= 0.6 is 0 Å². The maximum absolute atomic E-state index is 12.2. The van der Waals surface area contributed by atoms with Crippen LogP contribution < -0.4 is 0 Å². The van der Waals surface area contributed by atoms with Crippen molar-refractivity contribution >= 4 is 0 Å².